The van der Waals surface area contributed by atoms with E-state index in [4.69, 9.17) is 27.5 Å². The average molecular weight is 556 g/mol. The number of hydrogen-bond donors (Lipinski definition) is 5. The second-order valence-electron chi connectivity index (χ2n) is 7.88. The van der Waals surface area contributed by atoms with E-state index in [2.05, 4.69) is 30.1 Å². The molecular weight excluding hydrogens is 537 g/mol. The quantitative estimate of drug-likeness (QED) is 0.167. The Morgan fingerprint density at radius 3 is 2.79 bits per heavy atom. The number of primary amides is 1. The van der Waals surface area contributed by atoms with Crippen LogP contribution >= 0.6 is 23.5 Å². The fourth-order valence-corrected chi connectivity index (χ4v) is 4.46. The number of fused-ring (bicyclic) bond motifs is 1. The van der Waals surface area contributed by atoms with Crippen LogP contribution in [-0.2, 0) is 6.42 Å². The van der Waals surface area contributed by atoms with Crippen LogP contribution in [0, 0.1) is 5.82 Å². The first-order valence-corrected chi connectivity index (χ1v) is 12.2. The Balaban J connectivity index is 1.20. The average Bonchev–Trinajstić information content (AvgIpc) is 3.56. The molecule has 0 unspecified atom stereocenters. The number of furan rings is 1. The molecule has 38 heavy (non-hydrogen) atoms. The van der Waals surface area contributed by atoms with E-state index in [-0.39, 0.29) is 34.0 Å². The van der Waals surface area contributed by atoms with Crippen LogP contribution in [0.1, 0.15) is 15.9 Å². The first-order chi connectivity index (χ1) is 18.3. The van der Waals surface area contributed by atoms with Gasteiger partial charge in [0.15, 0.2) is 5.76 Å². The topological polar surface area (TPSA) is 183 Å². The van der Waals surface area contributed by atoms with Crippen LogP contribution in [-0.4, -0.2) is 42.1 Å². The molecule has 3 heterocycles. The molecular formula is C23H19ClFN9O3S. The van der Waals surface area contributed by atoms with E-state index >= 15 is 0 Å². The number of nitrogens with two attached hydrogens (primary N) is 2. The molecule has 194 valence electrons. The van der Waals surface area contributed by atoms with Crippen molar-refractivity contribution in [2.45, 2.75) is 11.3 Å². The summed E-state index contributed by atoms with van der Waals surface area (Å²) in [4.78, 5) is 24.8. The van der Waals surface area contributed by atoms with Gasteiger partial charge in [-0.3, -0.25) is 4.79 Å². The Morgan fingerprint density at radius 1 is 1.21 bits per heavy atom. The van der Waals surface area contributed by atoms with Crippen LogP contribution < -0.4 is 21.5 Å². The number of benzene rings is 2. The first kappa shape index (κ1) is 25.1. The normalized spacial score (nSPS) is 11.1. The molecule has 0 aliphatic rings. The van der Waals surface area contributed by atoms with Gasteiger partial charge in [-0.25, -0.2) is 4.39 Å². The molecule has 5 aromatic rings. The molecule has 0 saturated carbocycles. The van der Waals surface area contributed by atoms with Crippen LogP contribution in [0.2, 0.25) is 5.02 Å². The Labute approximate surface area is 223 Å². The van der Waals surface area contributed by atoms with Crippen molar-refractivity contribution in [3.05, 3.63) is 70.7 Å². The van der Waals surface area contributed by atoms with Crippen molar-refractivity contribution in [2.24, 2.45) is 5.73 Å². The van der Waals surface area contributed by atoms with E-state index in [1.54, 1.807) is 24.3 Å². The molecule has 7 N–H and O–H groups in total. The summed E-state index contributed by atoms with van der Waals surface area (Å²) in [5, 5.41) is 17.1. The van der Waals surface area contributed by atoms with Crippen molar-refractivity contribution in [1.29, 1.82) is 0 Å². The molecule has 0 aliphatic carbocycles. The van der Waals surface area contributed by atoms with E-state index in [0.717, 1.165) is 11.9 Å². The molecule has 0 spiro atoms. The molecule has 12 nitrogen and oxygen atoms in total. The van der Waals surface area contributed by atoms with Crippen LogP contribution in [0.3, 0.4) is 0 Å². The Hall–Kier alpha value is -4.56. The summed E-state index contributed by atoms with van der Waals surface area (Å²) in [5.41, 5.74) is 12.1. The lowest BCUT2D eigenvalue weighted by atomic mass is 10.1. The molecule has 15 heteroatoms. The number of amides is 1. The summed E-state index contributed by atoms with van der Waals surface area (Å²) in [6.45, 7) is 0.329. The van der Waals surface area contributed by atoms with E-state index in [9.17, 15) is 14.3 Å². The lowest BCUT2D eigenvalue weighted by Gasteiger charge is -2.11. The summed E-state index contributed by atoms with van der Waals surface area (Å²) in [6, 6.07) is 11.0. The second kappa shape index (κ2) is 10.4. The van der Waals surface area contributed by atoms with Crippen molar-refractivity contribution >= 4 is 52.8 Å². The highest BCUT2D eigenvalue weighted by Crippen LogP contribution is 2.33. The number of aromatic hydroxyl groups is 1. The number of carbonyl (C=O) groups is 1. The number of rotatable bonds is 9. The van der Waals surface area contributed by atoms with Crippen LogP contribution in [0.25, 0.3) is 17.4 Å². The molecule has 0 aliphatic heterocycles. The van der Waals surface area contributed by atoms with Gasteiger partial charge in [-0.15, -0.1) is 5.10 Å². The van der Waals surface area contributed by atoms with Gasteiger partial charge >= 0.3 is 0 Å². The minimum atomic E-state index is -0.816. The summed E-state index contributed by atoms with van der Waals surface area (Å²) >= 11 is 7.03. The maximum atomic E-state index is 14.7. The van der Waals surface area contributed by atoms with E-state index in [1.165, 1.54) is 29.0 Å². The molecule has 0 radical (unpaired) electrons. The zero-order valence-electron chi connectivity index (χ0n) is 19.4. The number of carbonyl (C=O) groups excluding carboxylic acids is 1. The largest absolute Gasteiger partial charge is 0.506 e. The van der Waals surface area contributed by atoms with Gasteiger partial charge in [-0.05, 0) is 60.3 Å². The van der Waals surface area contributed by atoms with Gasteiger partial charge in [0, 0.05) is 17.1 Å². The number of halogens is 2. The molecule has 0 bridgehead atoms. The molecule has 5 rings (SSSR count). The number of anilines is 3. The van der Waals surface area contributed by atoms with Crippen molar-refractivity contribution in [3.63, 3.8) is 0 Å². The lowest BCUT2D eigenvalue weighted by Crippen LogP contribution is -2.12. The van der Waals surface area contributed by atoms with Gasteiger partial charge in [0.05, 0.1) is 16.8 Å². The predicted octanol–water partition coefficient (Wildman–Crippen LogP) is 3.73. The first-order valence-electron chi connectivity index (χ1n) is 11.0. The molecule has 0 atom stereocenters. The van der Waals surface area contributed by atoms with Crippen molar-refractivity contribution in [1.82, 2.24) is 24.6 Å². The standard InChI is InChI=1S/C23H19ClFN9O3S/c24-15-10-13(9-14(18(15)35)19(26)36)38-33-12-4-3-11(16(25)8-12)5-6-28-22-30-21(27)34-23(31-22)29-20(32-34)17-2-1-7-37-17/h1-4,7-10,33,35H,5-6H2,(H2,26,36)(H3,27,28,29,30,31,32). The third kappa shape index (κ3) is 5.26. The summed E-state index contributed by atoms with van der Waals surface area (Å²) in [5.74, 6) is -0.281. The number of nitrogens with zero attached hydrogens (tertiary/aromatic N) is 5. The highest BCUT2D eigenvalue weighted by atomic mass is 35.5. The third-order valence-electron chi connectivity index (χ3n) is 5.29. The van der Waals surface area contributed by atoms with Crippen molar-refractivity contribution in [3.8, 4) is 17.3 Å². The van der Waals surface area contributed by atoms with E-state index in [0.29, 0.717) is 40.7 Å². The van der Waals surface area contributed by atoms with Gasteiger partial charge in [0.25, 0.3) is 11.7 Å². The molecule has 1 amide bonds. The zero-order valence-corrected chi connectivity index (χ0v) is 20.9. The summed E-state index contributed by atoms with van der Waals surface area (Å²) in [6.07, 6.45) is 1.85. The molecule has 2 aromatic carbocycles. The Kier molecular flexibility index (Phi) is 6.89. The molecule has 3 aromatic heterocycles. The van der Waals surface area contributed by atoms with Gasteiger partial charge in [-0.1, -0.05) is 17.7 Å². The Bertz CT molecular complexity index is 1650. The van der Waals surface area contributed by atoms with Crippen molar-refractivity contribution < 1.29 is 18.7 Å². The minimum absolute atomic E-state index is 0.0218. The molecule has 0 fully saturated rings. The van der Waals surface area contributed by atoms with Gasteiger partial charge in [0.1, 0.15) is 11.6 Å². The number of nitrogen functional groups attached to an aromatic ring is 1. The third-order valence-corrected chi connectivity index (χ3v) is 6.39. The number of aromatic nitrogens is 5. The van der Waals surface area contributed by atoms with Gasteiger partial charge < -0.3 is 31.0 Å². The second-order valence-corrected chi connectivity index (χ2v) is 9.17. The smallest absolute Gasteiger partial charge is 0.259 e. The summed E-state index contributed by atoms with van der Waals surface area (Å²) in [7, 11) is 0. The maximum absolute atomic E-state index is 14.7. The Morgan fingerprint density at radius 2 is 2.05 bits per heavy atom. The maximum Gasteiger partial charge on any atom is 0.259 e. The highest BCUT2D eigenvalue weighted by molar-refractivity contribution is 8.00. The number of phenols is 1. The molecule has 0 saturated heterocycles. The minimum Gasteiger partial charge on any atom is -0.506 e. The number of hydrogen-bond acceptors (Lipinski definition) is 11. The summed E-state index contributed by atoms with van der Waals surface area (Å²) < 4.78 is 24.3. The van der Waals surface area contributed by atoms with Gasteiger partial charge in [-0.2, -0.15) is 19.5 Å². The van der Waals surface area contributed by atoms with Crippen LogP contribution in [0.4, 0.5) is 22.0 Å². The number of nitrogens with one attached hydrogen (secondary N) is 2. The SMILES string of the molecule is NC(=O)c1cc(SNc2ccc(CCNc3nc(N)n4nc(-c5ccco5)nc4n3)c(F)c2)cc(Cl)c1O. The van der Waals surface area contributed by atoms with Crippen LogP contribution in [0.15, 0.2) is 58.0 Å². The fourth-order valence-electron chi connectivity index (χ4n) is 3.46. The monoisotopic (exact) mass is 555 g/mol. The van der Waals surface area contributed by atoms with E-state index < -0.39 is 11.7 Å². The predicted molar refractivity (Wildman–Crippen MR) is 140 cm³/mol. The van der Waals surface area contributed by atoms with Gasteiger partial charge in [0.2, 0.25) is 17.7 Å². The zero-order chi connectivity index (χ0) is 26.8. The van der Waals surface area contributed by atoms with Crippen LogP contribution in [0.5, 0.6) is 5.75 Å². The highest BCUT2D eigenvalue weighted by Gasteiger charge is 2.15. The fraction of sp³-hybridized carbons (Fsp3) is 0.0870. The van der Waals surface area contributed by atoms with Crippen molar-refractivity contribution in [2.75, 3.05) is 22.3 Å². The van der Waals surface area contributed by atoms with E-state index in [1.807, 2.05) is 0 Å². The lowest BCUT2D eigenvalue weighted by molar-refractivity contribution is 0.0997.